The number of alkyl halides is 3. The van der Waals surface area contributed by atoms with Gasteiger partial charge < -0.3 is 5.11 Å². The van der Waals surface area contributed by atoms with Crippen LogP contribution in [0, 0.1) is 0 Å². The highest BCUT2D eigenvalue weighted by atomic mass is 79.9. The van der Waals surface area contributed by atoms with Crippen molar-refractivity contribution in [3.63, 3.8) is 0 Å². The quantitative estimate of drug-likeness (QED) is 0.905. The maximum absolute atomic E-state index is 12.7. The van der Waals surface area contributed by atoms with Crippen LogP contribution in [-0.4, -0.2) is 20.1 Å². The normalized spacial score (nSPS) is 12.8. The Morgan fingerprint density at radius 2 is 1.90 bits per heavy atom. The molecule has 0 bridgehead atoms. The SMILES string of the molecule is CC(C)(O)c1cn(-c2cc(C(F)(F)F)ccc2Br)nn1. The van der Waals surface area contributed by atoms with Crippen LogP contribution in [-0.2, 0) is 11.8 Å². The molecule has 2 rings (SSSR count). The maximum atomic E-state index is 12.7. The molecule has 0 amide bonds. The van der Waals surface area contributed by atoms with Crippen LogP contribution in [0.15, 0.2) is 28.9 Å². The molecule has 20 heavy (non-hydrogen) atoms. The van der Waals surface area contributed by atoms with Crippen molar-refractivity contribution >= 4 is 15.9 Å². The van der Waals surface area contributed by atoms with Crippen molar-refractivity contribution in [2.45, 2.75) is 25.6 Å². The van der Waals surface area contributed by atoms with Crippen LogP contribution in [0.1, 0.15) is 25.1 Å². The molecule has 0 unspecified atom stereocenters. The third-order valence-corrected chi connectivity index (χ3v) is 3.31. The molecule has 0 atom stereocenters. The molecule has 0 aliphatic rings. The Kier molecular flexibility index (Phi) is 3.64. The summed E-state index contributed by atoms with van der Waals surface area (Å²) in [5.74, 6) is 0. The maximum Gasteiger partial charge on any atom is 0.416 e. The van der Waals surface area contributed by atoms with Gasteiger partial charge in [-0.05, 0) is 48.0 Å². The first-order valence-corrected chi connectivity index (χ1v) is 6.40. The van der Waals surface area contributed by atoms with Gasteiger partial charge in [0.2, 0.25) is 0 Å². The fraction of sp³-hybridized carbons (Fsp3) is 0.333. The molecule has 0 fully saturated rings. The van der Waals surface area contributed by atoms with Crippen LogP contribution in [0.3, 0.4) is 0 Å². The zero-order valence-electron chi connectivity index (χ0n) is 10.6. The van der Waals surface area contributed by atoms with Crippen molar-refractivity contribution in [3.8, 4) is 5.69 Å². The predicted molar refractivity (Wildman–Crippen MR) is 69.3 cm³/mol. The summed E-state index contributed by atoms with van der Waals surface area (Å²) in [5, 5.41) is 17.3. The molecule has 0 saturated heterocycles. The summed E-state index contributed by atoms with van der Waals surface area (Å²) < 4.78 is 39.8. The number of halogens is 4. The molecule has 0 saturated carbocycles. The monoisotopic (exact) mass is 349 g/mol. The summed E-state index contributed by atoms with van der Waals surface area (Å²) in [6.45, 7) is 3.03. The minimum atomic E-state index is -4.44. The molecule has 4 nitrogen and oxygen atoms in total. The average Bonchev–Trinajstić information content (AvgIpc) is 2.76. The Balaban J connectivity index is 2.50. The summed E-state index contributed by atoms with van der Waals surface area (Å²) in [4.78, 5) is 0. The molecule has 1 aromatic heterocycles. The fourth-order valence-corrected chi connectivity index (χ4v) is 1.95. The molecular weight excluding hydrogens is 339 g/mol. The molecular formula is C12H11BrF3N3O. The predicted octanol–water partition coefficient (Wildman–Crippen LogP) is 3.28. The first-order chi connectivity index (χ1) is 9.09. The van der Waals surface area contributed by atoms with Crippen molar-refractivity contribution in [2.24, 2.45) is 0 Å². The van der Waals surface area contributed by atoms with Gasteiger partial charge in [-0.15, -0.1) is 5.10 Å². The van der Waals surface area contributed by atoms with Crippen molar-refractivity contribution in [1.29, 1.82) is 0 Å². The van der Waals surface area contributed by atoms with Gasteiger partial charge in [0.15, 0.2) is 0 Å². The van der Waals surface area contributed by atoms with E-state index in [1.54, 1.807) is 0 Å². The van der Waals surface area contributed by atoms with Crippen LogP contribution >= 0.6 is 15.9 Å². The molecule has 0 aliphatic heterocycles. The lowest BCUT2D eigenvalue weighted by Gasteiger charge is -2.12. The van der Waals surface area contributed by atoms with Crippen LogP contribution in [0.2, 0.25) is 0 Å². The van der Waals surface area contributed by atoms with E-state index in [1.807, 2.05) is 0 Å². The zero-order valence-corrected chi connectivity index (χ0v) is 12.2. The summed E-state index contributed by atoms with van der Waals surface area (Å²) in [6, 6.07) is 3.23. The van der Waals surface area contributed by atoms with E-state index in [-0.39, 0.29) is 11.4 Å². The molecule has 2 aromatic rings. The van der Waals surface area contributed by atoms with Crippen LogP contribution in [0.5, 0.6) is 0 Å². The number of aromatic nitrogens is 3. The third kappa shape index (κ3) is 3.01. The van der Waals surface area contributed by atoms with E-state index < -0.39 is 17.3 Å². The number of nitrogens with zero attached hydrogens (tertiary/aromatic N) is 3. The third-order valence-electron chi connectivity index (χ3n) is 2.64. The smallest absolute Gasteiger partial charge is 0.384 e. The first kappa shape index (κ1) is 15.0. The van der Waals surface area contributed by atoms with Gasteiger partial charge in [-0.3, -0.25) is 0 Å². The topological polar surface area (TPSA) is 50.9 Å². The lowest BCUT2D eigenvalue weighted by molar-refractivity contribution is -0.137. The van der Waals surface area contributed by atoms with E-state index in [0.717, 1.165) is 12.1 Å². The van der Waals surface area contributed by atoms with E-state index in [9.17, 15) is 18.3 Å². The molecule has 0 spiro atoms. The van der Waals surface area contributed by atoms with Gasteiger partial charge in [0.1, 0.15) is 11.3 Å². The molecule has 0 radical (unpaired) electrons. The Bertz CT molecular complexity index is 632. The Morgan fingerprint density at radius 3 is 2.40 bits per heavy atom. The minimum absolute atomic E-state index is 0.197. The van der Waals surface area contributed by atoms with Crippen molar-refractivity contribution < 1.29 is 18.3 Å². The van der Waals surface area contributed by atoms with E-state index in [1.165, 1.54) is 30.8 Å². The van der Waals surface area contributed by atoms with Gasteiger partial charge in [0.25, 0.3) is 0 Å². The summed E-state index contributed by atoms with van der Waals surface area (Å²) in [5.41, 5.74) is -1.53. The Labute approximate surface area is 121 Å². The Hall–Kier alpha value is -1.41. The van der Waals surface area contributed by atoms with Crippen molar-refractivity contribution in [3.05, 3.63) is 40.1 Å². The molecule has 8 heteroatoms. The van der Waals surface area contributed by atoms with Gasteiger partial charge in [-0.25, -0.2) is 4.68 Å². The molecule has 1 aromatic carbocycles. The average molecular weight is 350 g/mol. The first-order valence-electron chi connectivity index (χ1n) is 5.61. The number of hydrogen-bond donors (Lipinski definition) is 1. The van der Waals surface area contributed by atoms with Crippen LogP contribution < -0.4 is 0 Å². The van der Waals surface area contributed by atoms with Crippen molar-refractivity contribution in [1.82, 2.24) is 15.0 Å². The number of hydrogen-bond acceptors (Lipinski definition) is 3. The van der Waals surface area contributed by atoms with Crippen LogP contribution in [0.4, 0.5) is 13.2 Å². The minimum Gasteiger partial charge on any atom is -0.384 e. The van der Waals surface area contributed by atoms with Gasteiger partial charge in [0, 0.05) is 4.47 Å². The second-order valence-electron chi connectivity index (χ2n) is 4.77. The summed E-state index contributed by atoms with van der Waals surface area (Å²) >= 11 is 3.18. The zero-order chi connectivity index (χ0) is 15.1. The summed E-state index contributed by atoms with van der Waals surface area (Å²) in [7, 11) is 0. The molecule has 0 aliphatic carbocycles. The van der Waals surface area contributed by atoms with Gasteiger partial charge in [-0.1, -0.05) is 5.21 Å². The molecule has 1 heterocycles. The second-order valence-corrected chi connectivity index (χ2v) is 5.63. The number of rotatable bonds is 2. The van der Waals surface area contributed by atoms with E-state index in [2.05, 4.69) is 26.2 Å². The van der Waals surface area contributed by atoms with E-state index in [4.69, 9.17) is 0 Å². The highest BCUT2D eigenvalue weighted by Crippen LogP contribution is 2.33. The van der Waals surface area contributed by atoms with Gasteiger partial charge >= 0.3 is 6.18 Å². The van der Waals surface area contributed by atoms with Gasteiger partial charge in [-0.2, -0.15) is 13.2 Å². The highest BCUT2D eigenvalue weighted by molar-refractivity contribution is 9.10. The summed E-state index contributed by atoms with van der Waals surface area (Å²) in [6.07, 6.45) is -3.05. The second kappa shape index (κ2) is 4.85. The van der Waals surface area contributed by atoms with E-state index >= 15 is 0 Å². The molecule has 108 valence electrons. The highest BCUT2D eigenvalue weighted by Gasteiger charge is 2.31. The number of aliphatic hydroxyl groups is 1. The van der Waals surface area contributed by atoms with Crippen LogP contribution in [0.25, 0.3) is 5.69 Å². The largest absolute Gasteiger partial charge is 0.416 e. The molecule has 1 N–H and O–H groups in total. The lowest BCUT2D eigenvalue weighted by Crippen LogP contribution is -2.15. The number of benzene rings is 1. The van der Waals surface area contributed by atoms with Crippen molar-refractivity contribution in [2.75, 3.05) is 0 Å². The van der Waals surface area contributed by atoms with E-state index in [0.29, 0.717) is 4.47 Å². The fourth-order valence-electron chi connectivity index (χ4n) is 1.53. The Morgan fingerprint density at radius 1 is 1.25 bits per heavy atom. The lowest BCUT2D eigenvalue weighted by atomic mass is 10.1. The standard InChI is InChI=1S/C12H11BrF3N3O/c1-11(2,20)10-6-19(18-17-10)9-5-7(12(14,15)16)3-4-8(9)13/h3-6,20H,1-2H3. The van der Waals surface area contributed by atoms with Gasteiger partial charge in [0.05, 0.1) is 17.4 Å².